The van der Waals surface area contributed by atoms with E-state index in [1.54, 1.807) is 0 Å². The molecule has 1 aliphatic rings. The van der Waals surface area contributed by atoms with Crippen LogP contribution in [0.4, 0.5) is 0 Å². The number of hydrogen-bond donors (Lipinski definition) is 1. The number of hydrogen-bond acceptors (Lipinski definition) is 4. The number of rotatable bonds is 4. The summed E-state index contributed by atoms with van der Waals surface area (Å²) >= 11 is 1.88. The summed E-state index contributed by atoms with van der Waals surface area (Å²) in [6, 6.07) is 6.55. The maximum absolute atomic E-state index is 12.0. The molecule has 2 unspecified atom stereocenters. The van der Waals surface area contributed by atoms with Crippen molar-refractivity contribution < 1.29 is 9.53 Å². The molecule has 1 aromatic rings. The van der Waals surface area contributed by atoms with Gasteiger partial charge in [-0.3, -0.25) is 4.79 Å². The number of nitrogens with one attached hydrogen (secondary N) is 1. The van der Waals surface area contributed by atoms with Crippen molar-refractivity contribution in [2.24, 2.45) is 0 Å². The molecule has 2 atom stereocenters. The average Bonchev–Trinajstić information content (AvgIpc) is 2.86. The maximum Gasteiger partial charge on any atom is 0.326 e. The molecule has 0 bridgehead atoms. The van der Waals surface area contributed by atoms with Gasteiger partial charge in [-0.25, -0.2) is 0 Å². The van der Waals surface area contributed by atoms with Crippen molar-refractivity contribution in [3.8, 4) is 0 Å². The van der Waals surface area contributed by atoms with E-state index in [9.17, 15) is 4.79 Å². The summed E-state index contributed by atoms with van der Waals surface area (Å²) < 4.78 is 4.96. The Bertz CT molecular complexity index is 503. The van der Waals surface area contributed by atoms with Crippen LogP contribution in [0, 0.1) is 13.8 Å². The van der Waals surface area contributed by atoms with E-state index in [0.717, 1.165) is 19.3 Å². The lowest BCUT2D eigenvalue weighted by Gasteiger charge is -2.25. The van der Waals surface area contributed by atoms with Gasteiger partial charge in [-0.1, -0.05) is 17.7 Å². The summed E-state index contributed by atoms with van der Waals surface area (Å²) in [5, 5.41) is 3.64. The Morgan fingerprint density at radius 3 is 2.80 bits per heavy atom. The summed E-state index contributed by atoms with van der Waals surface area (Å²) in [7, 11) is 3.31. The quantitative estimate of drug-likeness (QED) is 0.866. The molecule has 0 radical (unpaired) electrons. The van der Waals surface area contributed by atoms with Crippen molar-refractivity contribution in [3.63, 3.8) is 0 Å². The van der Waals surface area contributed by atoms with Crippen molar-refractivity contribution in [3.05, 3.63) is 29.3 Å². The largest absolute Gasteiger partial charge is 0.468 e. The van der Waals surface area contributed by atoms with E-state index in [0.29, 0.717) is 5.25 Å². The lowest BCUT2D eigenvalue weighted by atomic mass is 9.98. The molecular weight excluding hydrogens is 270 g/mol. The molecule has 0 amide bonds. The van der Waals surface area contributed by atoms with Crippen LogP contribution in [-0.4, -0.2) is 30.9 Å². The predicted octanol–water partition coefficient (Wildman–Crippen LogP) is 3.08. The highest BCUT2D eigenvalue weighted by molar-refractivity contribution is 8.00. The second-order valence-electron chi connectivity index (χ2n) is 5.58. The van der Waals surface area contributed by atoms with Crippen molar-refractivity contribution in [1.29, 1.82) is 0 Å². The smallest absolute Gasteiger partial charge is 0.326 e. The Labute approximate surface area is 125 Å². The fraction of sp³-hybridized carbons (Fsp3) is 0.562. The van der Waals surface area contributed by atoms with E-state index >= 15 is 0 Å². The number of carbonyl (C=O) groups excluding carboxylic acids is 1. The van der Waals surface area contributed by atoms with Crippen molar-refractivity contribution in [2.45, 2.75) is 48.8 Å². The zero-order valence-electron chi connectivity index (χ0n) is 12.7. The zero-order chi connectivity index (χ0) is 14.8. The number of likely N-dealkylation sites (N-methyl/N-ethyl adjacent to an activating group) is 1. The third-order valence-electron chi connectivity index (χ3n) is 4.15. The Balaban J connectivity index is 2.08. The Kier molecular flexibility index (Phi) is 4.76. The number of benzene rings is 1. The minimum atomic E-state index is -0.495. The third-order valence-corrected chi connectivity index (χ3v) is 5.60. The Hall–Kier alpha value is -1.00. The Morgan fingerprint density at radius 1 is 1.45 bits per heavy atom. The van der Waals surface area contributed by atoms with Crippen LogP contribution in [0.5, 0.6) is 0 Å². The molecule has 0 heterocycles. The number of esters is 1. The Morgan fingerprint density at radius 2 is 2.20 bits per heavy atom. The molecule has 1 saturated carbocycles. The van der Waals surface area contributed by atoms with Crippen LogP contribution in [0.3, 0.4) is 0 Å². The van der Waals surface area contributed by atoms with Gasteiger partial charge in [0.05, 0.1) is 7.11 Å². The summed E-state index contributed by atoms with van der Waals surface area (Å²) in [6.45, 7) is 4.26. The van der Waals surface area contributed by atoms with E-state index in [2.05, 4.69) is 37.4 Å². The van der Waals surface area contributed by atoms with Gasteiger partial charge in [-0.15, -0.1) is 11.8 Å². The van der Waals surface area contributed by atoms with Gasteiger partial charge in [0, 0.05) is 10.1 Å². The van der Waals surface area contributed by atoms with E-state index < -0.39 is 5.54 Å². The first-order valence-corrected chi connectivity index (χ1v) is 7.90. The highest BCUT2D eigenvalue weighted by Crippen LogP contribution is 2.41. The number of methoxy groups -OCH3 is 1. The van der Waals surface area contributed by atoms with Crippen molar-refractivity contribution in [2.75, 3.05) is 14.2 Å². The fourth-order valence-electron chi connectivity index (χ4n) is 2.92. The van der Waals surface area contributed by atoms with Gasteiger partial charge < -0.3 is 10.1 Å². The number of carbonyl (C=O) groups is 1. The van der Waals surface area contributed by atoms with Crippen LogP contribution in [0.25, 0.3) is 0 Å². The molecule has 4 heteroatoms. The number of ether oxygens (including phenoxy) is 1. The highest BCUT2D eigenvalue weighted by Gasteiger charge is 2.45. The molecule has 110 valence electrons. The van der Waals surface area contributed by atoms with Gasteiger partial charge in [0.2, 0.25) is 0 Å². The van der Waals surface area contributed by atoms with E-state index in [1.807, 2.05) is 18.8 Å². The van der Waals surface area contributed by atoms with E-state index in [4.69, 9.17) is 4.74 Å². The summed E-state index contributed by atoms with van der Waals surface area (Å²) in [5.41, 5.74) is 2.11. The van der Waals surface area contributed by atoms with Crippen LogP contribution in [0.1, 0.15) is 30.4 Å². The standard InChI is InChI=1S/C16H23NO2S/c1-11-5-6-14(12(2)9-11)20-13-7-8-16(10-13,17-3)15(18)19-4/h5-6,9,13,17H,7-8,10H2,1-4H3. The second-order valence-corrected chi connectivity index (χ2v) is 6.92. The molecular formula is C16H23NO2S. The van der Waals surface area contributed by atoms with Crippen LogP contribution >= 0.6 is 11.8 Å². The minimum Gasteiger partial charge on any atom is -0.468 e. The fourth-order valence-corrected chi connectivity index (χ4v) is 4.28. The molecule has 1 fully saturated rings. The maximum atomic E-state index is 12.0. The highest BCUT2D eigenvalue weighted by atomic mass is 32.2. The zero-order valence-corrected chi connectivity index (χ0v) is 13.5. The summed E-state index contributed by atoms with van der Waals surface area (Å²) in [4.78, 5) is 13.3. The van der Waals surface area contributed by atoms with Gasteiger partial charge >= 0.3 is 5.97 Å². The van der Waals surface area contributed by atoms with Gasteiger partial charge in [0.15, 0.2) is 0 Å². The molecule has 0 saturated heterocycles. The van der Waals surface area contributed by atoms with Crippen LogP contribution in [0.15, 0.2) is 23.1 Å². The first-order chi connectivity index (χ1) is 9.50. The van der Waals surface area contributed by atoms with E-state index in [-0.39, 0.29) is 5.97 Å². The van der Waals surface area contributed by atoms with Gasteiger partial charge in [-0.2, -0.15) is 0 Å². The average molecular weight is 293 g/mol. The monoisotopic (exact) mass is 293 g/mol. The third kappa shape index (κ3) is 3.01. The SMILES string of the molecule is CNC1(C(=O)OC)CCC(Sc2ccc(C)cc2C)C1. The molecule has 2 rings (SSSR count). The molecule has 0 aromatic heterocycles. The lowest BCUT2D eigenvalue weighted by Crippen LogP contribution is -2.49. The topological polar surface area (TPSA) is 38.3 Å². The summed E-state index contributed by atoms with van der Waals surface area (Å²) in [5.74, 6) is -0.135. The molecule has 3 nitrogen and oxygen atoms in total. The minimum absolute atomic E-state index is 0.135. The van der Waals surface area contributed by atoms with E-state index in [1.165, 1.54) is 23.1 Å². The lowest BCUT2D eigenvalue weighted by molar-refractivity contribution is -0.148. The molecule has 1 aliphatic carbocycles. The first kappa shape index (κ1) is 15.4. The first-order valence-electron chi connectivity index (χ1n) is 7.02. The van der Waals surface area contributed by atoms with Crippen LogP contribution in [0.2, 0.25) is 0 Å². The normalized spacial score (nSPS) is 25.7. The number of thioether (sulfide) groups is 1. The molecule has 1 N–H and O–H groups in total. The molecule has 0 spiro atoms. The van der Waals surface area contributed by atoms with Crippen molar-refractivity contribution in [1.82, 2.24) is 5.32 Å². The molecule has 20 heavy (non-hydrogen) atoms. The van der Waals surface area contributed by atoms with Crippen molar-refractivity contribution >= 4 is 17.7 Å². The molecule has 1 aromatic carbocycles. The van der Waals surface area contributed by atoms with Crippen LogP contribution in [-0.2, 0) is 9.53 Å². The van der Waals surface area contributed by atoms with Gasteiger partial charge in [0.25, 0.3) is 0 Å². The molecule has 0 aliphatic heterocycles. The summed E-state index contributed by atoms with van der Waals surface area (Å²) in [6.07, 6.45) is 2.71. The second kappa shape index (κ2) is 6.19. The predicted molar refractivity (Wildman–Crippen MR) is 83.2 cm³/mol. The number of aryl methyl sites for hydroxylation is 2. The van der Waals surface area contributed by atoms with Crippen LogP contribution < -0.4 is 5.32 Å². The van der Waals surface area contributed by atoms with Gasteiger partial charge in [-0.05, 0) is 51.8 Å². The van der Waals surface area contributed by atoms with Gasteiger partial charge in [0.1, 0.15) is 5.54 Å².